The Morgan fingerprint density at radius 1 is 1.29 bits per heavy atom. The zero-order chi connectivity index (χ0) is 16.0. The van der Waals surface area contributed by atoms with E-state index in [4.69, 9.17) is 9.84 Å². The third kappa shape index (κ3) is 4.95. The van der Waals surface area contributed by atoms with Gasteiger partial charge >= 0.3 is 5.97 Å². The number of ether oxygens (including phenoxy) is 1. The minimum Gasteiger partial charge on any atom is -0.483 e. The summed E-state index contributed by atoms with van der Waals surface area (Å²) in [4.78, 5) is 23.9. The summed E-state index contributed by atoms with van der Waals surface area (Å²) in [5.41, 5.74) is 2.52. The molecular formula is C16H21NO4. The van der Waals surface area contributed by atoms with Crippen molar-refractivity contribution in [1.82, 2.24) is 4.90 Å². The molecule has 1 N–H and O–H groups in total. The number of aliphatic carboxylic acids is 1. The van der Waals surface area contributed by atoms with E-state index < -0.39 is 5.97 Å². The number of amides is 1. The van der Waals surface area contributed by atoms with E-state index in [1.807, 2.05) is 32.9 Å². The molecule has 0 aliphatic heterocycles. The van der Waals surface area contributed by atoms with Crippen molar-refractivity contribution in [3.63, 3.8) is 0 Å². The molecule has 0 aliphatic rings. The number of hydrogen-bond acceptors (Lipinski definition) is 3. The van der Waals surface area contributed by atoms with E-state index in [0.29, 0.717) is 12.3 Å². The van der Waals surface area contributed by atoms with Gasteiger partial charge in [0.25, 0.3) is 5.91 Å². The van der Waals surface area contributed by atoms with Gasteiger partial charge in [-0.15, -0.1) is 0 Å². The van der Waals surface area contributed by atoms with Crippen LogP contribution in [0.25, 0.3) is 6.08 Å². The fourth-order valence-corrected chi connectivity index (χ4v) is 1.90. The van der Waals surface area contributed by atoms with Crippen LogP contribution in [0.5, 0.6) is 5.75 Å². The van der Waals surface area contributed by atoms with Crippen molar-refractivity contribution >= 4 is 18.0 Å². The average Bonchev–Trinajstić information content (AvgIpc) is 2.42. The predicted molar refractivity (Wildman–Crippen MR) is 81.4 cm³/mol. The highest BCUT2D eigenvalue weighted by atomic mass is 16.5. The summed E-state index contributed by atoms with van der Waals surface area (Å²) in [5, 5.41) is 8.64. The van der Waals surface area contributed by atoms with Gasteiger partial charge in [-0.2, -0.15) is 0 Å². The highest BCUT2D eigenvalue weighted by Crippen LogP contribution is 2.25. The third-order valence-corrected chi connectivity index (χ3v) is 3.14. The zero-order valence-corrected chi connectivity index (χ0v) is 12.8. The van der Waals surface area contributed by atoms with E-state index in [1.54, 1.807) is 11.9 Å². The molecule has 21 heavy (non-hydrogen) atoms. The van der Waals surface area contributed by atoms with Crippen LogP contribution in [0, 0.1) is 13.8 Å². The monoisotopic (exact) mass is 291 g/mol. The first kappa shape index (κ1) is 16.8. The Morgan fingerprint density at radius 2 is 1.86 bits per heavy atom. The number of carboxylic acids is 1. The highest BCUT2D eigenvalue weighted by Gasteiger charge is 2.11. The van der Waals surface area contributed by atoms with E-state index in [2.05, 4.69) is 0 Å². The molecule has 1 amide bonds. The van der Waals surface area contributed by atoms with Crippen molar-refractivity contribution in [3.8, 4) is 5.75 Å². The number of carboxylic acid groups (broad SMARTS) is 1. The topological polar surface area (TPSA) is 66.8 Å². The summed E-state index contributed by atoms with van der Waals surface area (Å²) in [6.07, 6.45) is 2.62. The Labute approximate surface area is 124 Å². The molecule has 0 aromatic heterocycles. The summed E-state index contributed by atoms with van der Waals surface area (Å²) in [6, 6.07) is 3.66. The molecule has 5 heteroatoms. The second-order valence-corrected chi connectivity index (χ2v) is 4.85. The molecule has 5 nitrogen and oxygen atoms in total. The maximum Gasteiger partial charge on any atom is 0.328 e. The molecule has 0 saturated heterocycles. The zero-order valence-electron chi connectivity index (χ0n) is 12.8. The predicted octanol–water partition coefficient (Wildman–Crippen LogP) is 2.26. The molecule has 0 radical (unpaired) electrons. The van der Waals surface area contributed by atoms with Gasteiger partial charge in [-0.1, -0.05) is 0 Å². The van der Waals surface area contributed by atoms with E-state index in [1.165, 1.54) is 6.08 Å². The van der Waals surface area contributed by atoms with Gasteiger partial charge in [-0.25, -0.2) is 4.79 Å². The first-order chi connectivity index (χ1) is 9.85. The lowest BCUT2D eigenvalue weighted by Gasteiger charge is -2.17. The van der Waals surface area contributed by atoms with E-state index in [-0.39, 0.29) is 12.5 Å². The van der Waals surface area contributed by atoms with Gasteiger partial charge in [-0.3, -0.25) is 4.79 Å². The molecule has 114 valence electrons. The Balaban J connectivity index is 2.85. The molecule has 0 aliphatic carbocycles. The summed E-state index contributed by atoms with van der Waals surface area (Å²) in [7, 11) is 1.73. The van der Waals surface area contributed by atoms with Crippen LogP contribution in [0.2, 0.25) is 0 Å². The van der Waals surface area contributed by atoms with E-state index in [9.17, 15) is 9.59 Å². The second kappa shape index (κ2) is 7.47. The summed E-state index contributed by atoms with van der Waals surface area (Å²) < 4.78 is 5.60. The lowest BCUT2D eigenvalue weighted by molar-refractivity contribution is -0.132. The number of aryl methyl sites for hydroxylation is 2. The van der Waals surface area contributed by atoms with Crippen molar-refractivity contribution in [2.24, 2.45) is 0 Å². The number of nitrogens with zero attached hydrogens (tertiary/aromatic N) is 1. The van der Waals surface area contributed by atoms with Gasteiger partial charge < -0.3 is 14.7 Å². The number of carbonyl (C=O) groups is 2. The maximum atomic E-state index is 11.7. The van der Waals surface area contributed by atoms with Gasteiger partial charge in [0.2, 0.25) is 0 Å². The maximum absolute atomic E-state index is 11.7. The van der Waals surface area contributed by atoms with Crippen LogP contribution in [-0.2, 0) is 9.59 Å². The molecule has 1 aromatic rings. The lowest BCUT2D eigenvalue weighted by atomic mass is 10.1. The summed E-state index contributed by atoms with van der Waals surface area (Å²) >= 11 is 0. The fourth-order valence-electron chi connectivity index (χ4n) is 1.90. The lowest BCUT2D eigenvalue weighted by Crippen LogP contribution is -2.31. The van der Waals surface area contributed by atoms with Gasteiger partial charge in [0, 0.05) is 19.7 Å². The van der Waals surface area contributed by atoms with Crippen LogP contribution < -0.4 is 4.74 Å². The fraction of sp³-hybridized carbons (Fsp3) is 0.375. The Bertz CT molecular complexity index is 540. The normalized spacial score (nSPS) is 10.7. The van der Waals surface area contributed by atoms with Crippen LogP contribution in [-0.4, -0.2) is 42.1 Å². The minimum absolute atomic E-state index is 0.00364. The molecule has 0 heterocycles. The first-order valence-corrected chi connectivity index (χ1v) is 6.74. The van der Waals surface area contributed by atoms with Crippen molar-refractivity contribution in [2.45, 2.75) is 20.8 Å². The van der Waals surface area contributed by atoms with Crippen molar-refractivity contribution in [1.29, 1.82) is 0 Å². The van der Waals surface area contributed by atoms with Gasteiger partial charge in [0.1, 0.15) is 5.75 Å². The molecule has 0 fully saturated rings. The van der Waals surface area contributed by atoms with Crippen LogP contribution in [0.4, 0.5) is 0 Å². The van der Waals surface area contributed by atoms with Gasteiger partial charge in [0.15, 0.2) is 6.61 Å². The molecule has 0 bridgehead atoms. The highest BCUT2D eigenvalue weighted by molar-refractivity contribution is 5.85. The molecular weight excluding hydrogens is 270 g/mol. The standard InChI is InChI=1S/C16H21NO4/c1-5-17(4)14(18)10-21-16-11(2)8-13(9-12(16)3)6-7-15(19)20/h6-9H,5,10H2,1-4H3,(H,19,20)/b7-6+. The number of hydrogen-bond donors (Lipinski definition) is 1. The van der Waals surface area contributed by atoms with Crippen molar-refractivity contribution in [2.75, 3.05) is 20.2 Å². The first-order valence-electron chi connectivity index (χ1n) is 6.74. The molecule has 1 aromatic carbocycles. The van der Waals surface area contributed by atoms with Gasteiger partial charge in [-0.05, 0) is 55.7 Å². The number of likely N-dealkylation sites (N-methyl/N-ethyl adjacent to an activating group) is 1. The Hall–Kier alpha value is -2.30. The van der Waals surface area contributed by atoms with Crippen molar-refractivity contribution < 1.29 is 19.4 Å². The van der Waals surface area contributed by atoms with Crippen LogP contribution in [0.3, 0.4) is 0 Å². The summed E-state index contributed by atoms with van der Waals surface area (Å²) in [6.45, 7) is 6.27. The van der Waals surface area contributed by atoms with E-state index in [0.717, 1.165) is 22.8 Å². The Kier molecular flexibility index (Phi) is 5.96. The Morgan fingerprint density at radius 3 is 2.33 bits per heavy atom. The van der Waals surface area contributed by atoms with Crippen molar-refractivity contribution in [3.05, 3.63) is 34.9 Å². The number of benzene rings is 1. The van der Waals surface area contributed by atoms with Crippen LogP contribution in [0.1, 0.15) is 23.6 Å². The second-order valence-electron chi connectivity index (χ2n) is 4.85. The molecule has 1 rings (SSSR count). The quantitative estimate of drug-likeness (QED) is 0.816. The SMILES string of the molecule is CCN(C)C(=O)COc1c(C)cc(/C=C/C(=O)O)cc1C. The third-order valence-electron chi connectivity index (χ3n) is 3.14. The van der Waals surface area contributed by atoms with E-state index >= 15 is 0 Å². The minimum atomic E-state index is -0.987. The van der Waals surface area contributed by atoms with Crippen LogP contribution in [0.15, 0.2) is 18.2 Å². The number of carbonyl (C=O) groups excluding carboxylic acids is 1. The largest absolute Gasteiger partial charge is 0.483 e. The van der Waals surface area contributed by atoms with Gasteiger partial charge in [0.05, 0.1) is 0 Å². The molecule has 0 atom stereocenters. The molecule has 0 saturated carbocycles. The number of rotatable bonds is 6. The average molecular weight is 291 g/mol. The summed E-state index contributed by atoms with van der Waals surface area (Å²) in [5.74, 6) is -0.398. The van der Waals surface area contributed by atoms with Crippen LogP contribution >= 0.6 is 0 Å². The molecule has 0 unspecified atom stereocenters. The molecule has 0 spiro atoms. The smallest absolute Gasteiger partial charge is 0.328 e.